The highest BCUT2D eigenvalue weighted by molar-refractivity contribution is 5.58. The first-order valence-electron chi connectivity index (χ1n) is 7.03. The molecule has 0 atom stereocenters. The van der Waals surface area contributed by atoms with E-state index in [1.54, 1.807) is 0 Å². The minimum atomic E-state index is 0.384. The maximum absolute atomic E-state index is 4.34. The highest BCUT2D eigenvalue weighted by Gasteiger charge is 2.27. The van der Waals surface area contributed by atoms with Crippen molar-refractivity contribution in [2.75, 3.05) is 13.1 Å². The smallest absolute Gasteiger partial charge is 0.0951 e. The van der Waals surface area contributed by atoms with Crippen LogP contribution in [0.25, 0.3) is 11.3 Å². The van der Waals surface area contributed by atoms with Gasteiger partial charge in [-0.2, -0.15) is 0 Å². The van der Waals surface area contributed by atoms with Gasteiger partial charge in [0, 0.05) is 6.54 Å². The fourth-order valence-corrected chi connectivity index (χ4v) is 2.90. The molecule has 100 valence electrons. The summed E-state index contributed by atoms with van der Waals surface area (Å²) in [6.07, 6.45) is 6.41. The van der Waals surface area contributed by atoms with Gasteiger partial charge in [-0.1, -0.05) is 37.3 Å². The Balaban J connectivity index is 1.84. The second kappa shape index (κ2) is 5.17. The quantitative estimate of drug-likeness (QED) is 0.914. The minimum Gasteiger partial charge on any atom is -0.330 e. The highest BCUT2D eigenvalue weighted by Crippen LogP contribution is 2.31. The van der Waals surface area contributed by atoms with Crippen LogP contribution >= 0.6 is 0 Å². The Bertz CT molecular complexity index is 524. The lowest BCUT2D eigenvalue weighted by Crippen LogP contribution is -2.37. The number of imidazole rings is 1. The largest absolute Gasteiger partial charge is 0.330 e. The number of hydrogen-bond donors (Lipinski definition) is 1. The van der Waals surface area contributed by atoms with Gasteiger partial charge in [0.05, 0.1) is 18.2 Å². The van der Waals surface area contributed by atoms with E-state index in [0.717, 1.165) is 19.6 Å². The van der Waals surface area contributed by atoms with Crippen LogP contribution < -0.4 is 5.32 Å². The van der Waals surface area contributed by atoms with E-state index in [1.165, 1.54) is 24.1 Å². The summed E-state index contributed by atoms with van der Waals surface area (Å²) in [5.41, 5.74) is 2.85. The van der Waals surface area contributed by atoms with Crippen LogP contribution in [0, 0.1) is 5.41 Å². The Morgan fingerprint density at radius 1 is 1.21 bits per heavy atom. The molecule has 1 aromatic heterocycles. The first-order valence-corrected chi connectivity index (χ1v) is 7.03. The molecule has 0 bridgehead atoms. The molecule has 2 heterocycles. The SMILES string of the molecule is CC1(Cn2cncc2-c2ccccc2)CCNCC1. The normalized spacial score (nSPS) is 18.4. The van der Waals surface area contributed by atoms with Gasteiger partial charge < -0.3 is 9.88 Å². The molecule has 0 amide bonds. The zero-order chi connectivity index (χ0) is 13.1. The topological polar surface area (TPSA) is 29.9 Å². The van der Waals surface area contributed by atoms with E-state index in [1.807, 2.05) is 12.5 Å². The first kappa shape index (κ1) is 12.4. The van der Waals surface area contributed by atoms with Crippen molar-refractivity contribution in [3.8, 4) is 11.3 Å². The molecule has 1 fully saturated rings. The standard InChI is InChI=1S/C16H21N3/c1-16(7-9-17-10-8-16)12-19-13-18-11-15(19)14-5-3-2-4-6-14/h2-6,11,13,17H,7-10,12H2,1H3. The molecular weight excluding hydrogens is 234 g/mol. The van der Waals surface area contributed by atoms with Gasteiger partial charge in [-0.15, -0.1) is 0 Å². The number of aromatic nitrogens is 2. The van der Waals surface area contributed by atoms with Gasteiger partial charge in [0.2, 0.25) is 0 Å². The molecule has 1 aliphatic heterocycles. The molecule has 3 heteroatoms. The molecular formula is C16H21N3. The molecule has 0 unspecified atom stereocenters. The van der Waals surface area contributed by atoms with Crippen molar-refractivity contribution in [2.24, 2.45) is 5.41 Å². The molecule has 1 aliphatic rings. The van der Waals surface area contributed by atoms with Gasteiger partial charge in [-0.3, -0.25) is 0 Å². The Labute approximate surface area is 114 Å². The third-order valence-corrected chi connectivity index (χ3v) is 4.14. The number of hydrogen-bond acceptors (Lipinski definition) is 2. The van der Waals surface area contributed by atoms with E-state index in [0.29, 0.717) is 5.41 Å². The third-order valence-electron chi connectivity index (χ3n) is 4.14. The second-order valence-corrected chi connectivity index (χ2v) is 5.83. The van der Waals surface area contributed by atoms with E-state index in [2.05, 4.69) is 52.1 Å². The Hall–Kier alpha value is -1.61. The average Bonchev–Trinajstić information content (AvgIpc) is 2.88. The van der Waals surface area contributed by atoms with Crippen molar-refractivity contribution in [2.45, 2.75) is 26.3 Å². The fourth-order valence-electron chi connectivity index (χ4n) is 2.90. The van der Waals surface area contributed by atoms with Crippen LogP contribution in [0.4, 0.5) is 0 Å². The zero-order valence-corrected chi connectivity index (χ0v) is 11.5. The van der Waals surface area contributed by atoms with E-state index in [9.17, 15) is 0 Å². The van der Waals surface area contributed by atoms with Crippen LogP contribution in [0.15, 0.2) is 42.9 Å². The van der Waals surface area contributed by atoms with Crippen LogP contribution in [0.3, 0.4) is 0 Å². The number of benzene rings is 1. The van der Waals surface area contributed by atoms with Crippen LogP contribution in [-0.4, -0.2) is 22.6 Å². The summed E-state index contributed by atoms with van der Waals surface area (Å²) in [6.45, 7) is 5.71. The molecule has 0 spiro atoms. The molecule has 0 saturated carbocycles. The summed E-state index contributed by atoms with van der Waals surface area (Å²) >= 11 is 0. The highest BCUT2D eigenvalue weighted by atomic mass is 15.1. The minimum absolute atomic E-state index is 0.384. The van der Waals surface area contributed by atoms with E-state index >= 15 is 0 Å². The van der Waals surface area contributed by atoms with E-state index < -0.39 is 0 Å². The molecule has 1 aromatic carbocycles. The van der Waals surface area contributed by atoms with Crippen molar-refractivity contribution >= 4 is 0 Å². The van der Waals surface area contributed by atoms with Gasteiger partial charge >= 0.3 is 0 Å². The van der Waals surface area contributed by atoms with Crippen molar-refractivity contribution in [3.63, 3.8) is 0 Å². The van der Waals surface area contributed by atoms with E-state index in [-0.39, 0.29) is 0 Å². The number of nitrogens with one attached hydrogen (secondary N) is 1. The monoisotopic (exact) mass is 255 g/mol. The van der Waals surface area contributed by atoms with Gasteiger partial charge in [-0.25, -0.2) is 4.98 Å². The summed E-state index contributed by atoms with van der Waals surface area (Å²) in [5, 5.41) is 3.44. The van der Waals surface area contributed by atoms with E-state index in [4.69, 9.17) is 0 Å². The molecule has 2 aromatic rings. The molecule has 0 aliphatic carbocycles. The summed E-state index contributed by atoms with van der Waals surface area (Å²) in [6, 6.07) is 10.5. The molecule has 1 N–H and O–H groups in total. The maximum atomic E-state index is 4.34. The lowest BCUT2D eigenvalue weighted by atomic mass is 9.81. The Morgan fingerprint density at radius 3 is 2.68 bits per heavy atom. The van der Waals surface area contributed by atoms with Crippen molar-refractivity contribution < 1.29 is 0 Å². The van der Waals surface area contributed by atoms with Crippen LogP contribution in [-0.2, 0) is 6.54 Å². The van der Waals surface area contributed by atoms with Gasteiger partial charge in [0.15, 0.2) is 0 Å². The number of piperidine rings is 1. The Morgan fingerprint density at radius 2 is 1.95 bits per heavy atom. The first-order chi connectivity index (χ1) is 9.27. The lowest BCUT2D eigenvalue weighted by Gasteiger charge is -2.34. The zero-order valence-electron chi connectivity index (χ0n) is 11.5. The van der Waals surface area contributed by atoms with Crippen LogP contribution in [0.2, 0.25) is 0 Å². The lowest BCUT2D eigenvalue weighted by molar-refractivity contribution is 0.195. The van der Waals surface area contributed by atoms with Crippen LogP contribution in [0.1, 0.15) is 19.8 Å². The number of rotatable bonds is 3. The molecule has 19 heavy (non-hydrogen) atoms. The molecule has 3 nitrogen and oxygen atoms in total. The molecule has 1 saturated heterocycles. The molecule has 0 radical (unpaired) electrons. The van der Waals surface area contributed by atoms with Gasteiger partial charge in [0.1, 0.15) is 0 Å². The third kappa shape index (κ3) is 2.71. The van der Waals surface area contributed by atoms with Gasteiger partial charge in [0.25, 0.3) is 0 Å². The van der Waals surface area contributed by atoms with Crippen molar-refractivity contribution in [1.29, 1.82) is 0 Å². The van der Waals surface area contributed by atoms with Crippen molar-refractivity contribution in [3.05, 3.63) is 42.9 Å². The Kier molecular flexibility index (Phi) is 3.38. The summed E-state index contributed by atoms with van der Waals surface area (Å²) in [4.78, 5) is 4.34. The molecule has 3 rings (SSSR count). The summed E-state index contributed by atoms with van der Waals surface area (Å²) < 4.78 is 2.31. The van der Waals surface area contributed by atoms with Crippen LogP contribution in [0.5, 0.6) is 0 Å². The summed E-state index contributed by atoms with van der Waals surface area (Å²) in [5.74, 6) is 0. The predicted octanol–water partition coefficient (Wildman–Crippen LogP) is 2.94. The summed E-state index contributed by atoms with van der Waals surface area (Å²) in [7, 11) is 0. The van der Waals surface area contributed by atoms with Gasteiger partial charge in [-0.05, 0) is 36.9 Å². The maximum Gasteiger partial charge on any atom is 0.0951 e. The second-order valence-electron chi connectivity index (χ2n) is 5.83. The fraction of sp³-hybridized carbons (Fsp3) is 0.438. The predicted molar refractivity (Wildman–Crippen MR) is 77.9 cm³/mol. The number of nitrogens with zero attached hydrogens (tertiary/aromatic N) is 2. The van der Waals surface area contributed by atoms with Crippen molar-refractivity contribution in [1.82, 2.24) is 14.9 Å². The average molecular weight is 255 g/mol.